The zero-order valence-electron chi connectivity index (χ0n) is 24.6. The first-order valence-electron chi connectivity index (χ1n) is 15.6. The molecule has 6 nitrogen and oxygen atoms in total. The molecule has 0 amide bonds. The number of hydrogen-bond acceptors (Lipinski definition) is 6. The topological polar surface area (TPSA) is 94.6 Å². The summed E-state index contributed by atoms with van der Waals surface area (Å²) in [5.74, 6) is 0.735. The maximum Gasteiger partial charge on any atom is 0.338 e. The van der Waals surface area contributed by atoms with Crippen molar-refractivity contribution in [3.8, 4) is 0 Å². The zero-order valence-corrected chi connectivity index (χ0v) is 24.6. The van der Waals surface area contributed by atoms with E-state index >= 15 is 0 Å². The lowest BCUT2D eigenvalue weighted by atomic mass is 9.44. The molecule has 0 spiro atoms. The second-order valence-electron chi connectivity index (χ2n) is 14.1. The van der Waals surface area contributed by atoms with Gasteiger partial charge in [0.15, 0.2) is 11.6 Å². The maximum atomic E-state index is 13.9. The summed E-state index contributed by atoms with van der Waals surface area (Å²) in [5, 5.41) is 0. The Balaban J connectivity index is 1.23. The van der Waals surface area contributed by atoms with Gasteiger partial charge >= 0.3 is 5.97 Å². The van der Waals surface area contributed by atoms with Gasteiger partial charge in [-0.25, -0.2) is 4.79 Å². The molecule has 0 saturated heterocycles. The van der Waals surface area contributed by atoms with Crippen molar-refractivity contribution in [2.75, 3.05) is 0 Å². The molecule has 0 aromatic heterocycles. The molecular weight excluding hydrogens is 528 g/mol. The van der Waals surface area contributed by atoms with Gasteiger partial charge in [-0.3, -0.25) is 19.2 Å². The number of fused-ring (bicyclic) bond motifs is 7. The molecule has 42 heavy (non-hydrogen) atoms. The average molecular weight is 567 g/mol. The molecule has 0 heterocycles. The second-order valence-corrected chi connectivity index (χ2v) is 14.1. The highest BCUT2D eigenvalue weighted by Gasteiger charge is 2.65. The van der Waals surface area contributed by atoms with Crippen molar-refractivity contribution >= 4 is 29.1 Å². The minimum Gasteiger partial charge on any atom is -0.458 e. The number of esters is 1. The Hall–Kier alpha value is -3.41. The number of ketones is 4. The van der Waals surface area contributed by atoms with Crippen LogP contribution in [0.3, 0.4) is 0 Å². The van der Waals surface area contributed by atoms with E-state index in [1.54, 1.807) is 43.3 Å². The largest absolute Gasteiger partial charge is 0.458 e. The fourth-order valence-corrected chi connectivity index (χ4v) is 10.2. The van der Waals surface area contributed by atoms with E-state index in [0.717, 1.165) is 32.1 Å². The van der Waals surface area contributed by atoms with Crippen LogP contribution in [0.25, 0.3) is 0 Å². The van der Waals surface area contributed by atoms with Crippen LogP contribution in [0, 0.1) is 40.4 Å². The number of carbonyl (C=O) groups is 5. The Bertz CT molecular complexity index is 1550. The van der Waals surface area contributed by atoms with Gasteiger partial charge in [-0.05, 0) is 92.7 Å². The van der Waals surface area contributed by atoms with Gasteiger partial charge in [-0.2, -0.15) is 0 Å². The Kier molecular flexibility index (Phi) is 6.24. The first-order valence-corrected chi connectivity index (χ1v) is 15.6. The van der Waals surface area contributed by atoms with Crippen LogP contribution in [0.4, 0.5) is 0 Å². The Morgan fingerprint density at radius 1 is 0.833 bits per heavy atom. The molecule has 5 aliphatic rings. The Labute approximate surface area is 246 Å². The molecule has 218 valence electrons. The normalized spacial score (nSPS) is 36.7. The highest BCUT2D eigenvalue weighted by atomic mass is 16.5. The van der Waals surface area contributed by atoms with Gasteiger partial charge in [-0.15, -0.1) is 0 Å². The molecule has 0 bridgehead atoms. The monoisotopic (exact) mass is 566 g/mol. The van der Waals surface area contributed by atoms with E-state index in [4.69, 9.17) is 4.74 Å². The van der Waals surface area contributed by atoms with Crippen LogP contribution < -0.4 is 0 Å². The number of carbonyl (C=O) groups excluding carboxylic acids is 5. The predicted octanol–water partition coefficient (Wildman–Crippen LogP) is 6.41. The lowest BCUT2D eigenvalue weighted by molar-refractivity contribution is -0.171. The van der Waals surface area contributed by atoms with Crippen molar-refractivity contribution in [1.82, 2.24) is 0 Å². The summed E-state index contributed by atoms with van der Waals surface area (Å²) in [6.45, 7) is 6.18. The highest BCUT2D eigenvalue weighted by Crippen LogP contribution is 2.67. The molecule has 5 aliphatic carbocycles. The van der Waals surface area contributed by atoms with Gasteiger partial charge in [0.2, 0.25) is 0 Å². The molecular formula is C36H38O6. The quantitative estimate of drug-likeness (QED) is 0.340. The zero-order chi connectivity index (χ0) is 29.6. The Morgan fingerprint density at radius 3 is 2.24 bits per heavy atom. The van der Waals surface area contributed by atoms with Crippen LogP contribution in [0.5, 0.6) is 0 Å². The minimum atomic E-state index is -0.522. The molecule has 6 heteroatoms. The van der Waals surface area contributed by atoms with E-state index in [-0.39, 0.29) is 45.7 Å². The molecule has 2 aromatic rings. The number of ether oxygens (including phenoxy) is 1. The Morgan fingerprint density at radius 2 is 1.52 bits per heavy atom. The van der Waals surface area contributed by atoms with E-state index in [1.807, 2.05) is 0 Å². The van der Waals surface area contributed by atoms with Crippen molar-refractivity contribution < 1.29 is 28.7 Å². The van der Waals surface area contributed by atoms with Crippen LogP contribution in [0.1, 0.15) is 114 Å². The fourth-order valence-electron chi connectivity index (χ4n) is 10.2. The second kappa shape index (κ2) is 9.55. The number of hydrogen-bond donors (Lipinski definition) is 0. The number of rotatable bonds is 3. The number of Topliss-reactive ketones (excluding diaryl/α,β-unsaturated/α-hetero) is 2. The first kappa shape index (κ1) is 27.4. The van der Waals surface area contributed by atoms with Crippen molar-refractivity contribution in [1.29, 1.82) is 0 Å². The third-order valence-corrected chi connectivity index (χ3v) is 12.5. The highest BCUT2D eigenvalue weighted by molar-refractivity contribution is 6.28. The summed E-state index contributed by atoms with van der Waals surface area (Å²) in [6, 6.07) is 11.4. The van der Waals surface area contributed by atoms with E-state index in [0.29, 0.717) is 59.5 Å². The van der Waals surface area contributed by atoms with Gasteiger partial charge in [0, 0.05) is 46.4 Å². The molecule has 8 atom stereocenters. The third-order valence-electron chi connectivity index (χ3n) is 12.5. The van der Waals surface area contributed by atoms with Crippen molar-refractivity contribution in [3.05, 3.63) is 70.3 Å². The smallest absolute Gasteiger partial charge is 0.338 e. The van der Waals surface area contributed by atoms with Crippen LogP contribution in [0.15, 0.2) is 42.5 Å². The predicted molar refractivity (Wildman–Crippen MR) is 155 cm³/mol. The lowest BCUT2D eigenvalue weighted by Crippen LogP contribution is -2.59. The summed E-state index contributed by atoms with van der Waals surface area (Å²) in [4.78, 5) is 65.7. The summed E-state index contributed by atoms with van der Waals surface area (Å²) in [5.41, 5.74) is 1.03. The van der Waals surface area contributed by atoms with E-state index in [2.05, 4.69) is 13.8 Å². The summed E-state index contributed by atoms with van der Waals surface area (Å²) in [6.07, 6.45) is 6.24. The molecule has 0 aliphatic heterocycles. The van der Waals surface area contributed by atoms with Gasteiger partial charge in [-0.1, -0.05) is 38.1 Å². The summed E-state index contributed by atoms with van der Waals surface area (Å²) < 4.78 is 6.44. The minimum absolute atomic E-state index is 0.0170. The first-order chi connectivity index (χ1) is 20.0. The molecule has 0 unspecified atom stereocenters. The van der Waals surface area contributed by atoms with Gasteiger partial charge in [0.1, 0.15) is 17.7 Å². The van der Waals surface area contributed by atoms with Gasteiger partial charge < -0.3 is 4.74 Å². The van der Waals surface area contributed by atoms with Crippen LogP contribution in [-0.4, -0.2) is 35.2 Å². The summed E-state index contributed by atoms with van der Waals surface area (Å²) >= 11 is 0. The van der Waals surface area contributed by atoms with Crippen LogP contribution in [0.2, 0.25) is 0 Å². The van der Waals surface area contributed by atoms with E-state index in [9.17, 15) is 24.0 Å². The molecule has 7 rings (SSSR count). The third kappa shape index (κ3) is 3.79. The SMILES string of the molecule is CC(=O)[C@@H]1CC[C@@H]2[C@H]3CC[C@H]4CC(=O)CC[C@]4(C)[C@@H]3C[C@@H](OC(=O)c3ccc4c(c3)C(=O)c3ccccc3C4=O)[C@]21C. The molecule has 4 fully saturated rings. The maximum absolute atomic E-state index is 13.9. The number of benzene rings is 2. The van der Waals surface area contributed by atoms with Crippen LogP contribution in [-0.2, 0) is 14.3 Å². The van der Waals surface area contributed by atoms with E-state index < -0.39 is 17.5 Å². The standard InChI is InChI=1S/C36H38O6/c1-19(37)28-12-13-29-26-11-9-21-17-22(38)14-15-35(21,2)30(26)18-31(36(28,29)3)42-34(41)20-8-10-25-27(16-20)33(40)24-7-5-4-6-23(24)32(25)39/h4-8,10,16,21,26,28-31H,9,11-15,17-18H2,1-3H3/t21-,26+,28-,29+,30+,31+,35-,36-/m0/s1. The summed E-state index contributed by atoms with van der Waals surface area (Å²) in [7, 11) is 0. The molecule has 4 saturated carbocycles. The molecule has 0 N–H and O–H groups in total. The van der Waals surface area contributed by atoms with Crippen molar-refractivity contribution in [2.45, 2.75) is 78.2 Å². The van der Waals surface area contributed by atoms with E-state index in [1.165, 1.54) is 6.07 Å². The molecule has 0 radical (unpaired) electrons. The van der Waals surface area contributed by atoms with Gasteiger partial charge in [0.25, 0.3) is 0 Å². The van der Waals surface area contributed by atoms with Crippen LogP contribution >= 0.6 is 0 Å². The lowest BCUT2D eigenvalue weighted by Gasteiger charge is -2.61. The molecule has 2 aromatic carbocycles. The van der Waals surface area contributed by atoms with Crippen molar-refractivity contribution in [2.24, 2.45) is 40.4 Å². The fraction of sp³-hybridized carbons (Fsp3) is 0.528. The van der Waals surface area contributed by atoms with Gasteiger partial charge in [0.05, 0.1) is 5.56 Å². The van der Waals surface area contributed by atoms with Crippen molar-refractivity contribution in [3.63, 3.8) is 0 Å². The average Bonchev–Trinajstić information content (AvgIpc) is 3.35.